The molecule has 150 valence electrons. The number of carbonyl (C=O) groups is 1. The number of hydrogen-bond donors (Lipinski definition) is 0. The van der Waals surface area contributed by atoms with Crippen molar-refractivity contribution >= 4 is 5.91 Å². The van der Waals surface area contributed by atoms with E-state index in [0.717, 1.165) is 36.9 Å². The van der Waals surface area contributed by atoms with E-state index in [1.54, 1.807) is 0 Å². The van der Waals surface area contributed by atoms with Crippen LogP contribution in [0.1, 0.15) is 25.7 Å². The van der Waals surface area contributed by atoms with E-state index in [-0.39, 0.29) is 12.5 Å². The van der Waals surface area contributed by atoms with Crippen LogP contribution in [0.15, 0.2) is 24.3 Å². The van der Waals surface area contributed by atoms with Gasteiger partial charge in [-0.15, -0.1) is 0 Å². The fourth-order valence-corrected chi connectivity index (χ4v) is 3.70. The summed E-state index contributed by atoms with van der Waals surface area (Å²) in [7, 11) is 2.20. The summed E-state index contributed by atoms with van der Waals surface area (Å²) < 4.78 is 15.7. The lowest BCUT2D eigenvalue weighted by Crippen LogP contribution is -2.42. The van der Waals surface area contributed by atoms with Crippen LogP contribution in [0.2, 0.25) is 0 Å². The molecule has 0 atom stereocenters. The zero-order valence-corrected chi connectivity index (χ0v) is 16.4. The van der Waals surface area contributed by atoms with Crippen molar-refractivity contribution in [1.82, 2.24) is 9.80 Å². The van der Waals surface area contributed by atoms with Crippen molar-refractivity contribution in [3.63, 3.8) is 0 Å². The number of morpholine rings is 1. The zero-order valence-electron chi connectivity index (χ0n) is 16.4. The Balaban J connectivity index is 0.000000177. The first kappa shape index (κ1) is 20.0. The molecule has 2 fully saturated rings. The summed E-state index contributed by atoms with van der Waals surface area (Å²) in [5.41, 5.74) is 0. The van der Waals surface area contributed by atoms with E-state index in [4.69, 9.17) is 14.2 Å². The third-order valence-electron chi connectivity index (χ3n) is 5.41. The average molecular weight is 376 g/mol. The van der Waals surface area contributed by atoms with E-state index in [0.29, 0.717) is 19.8 Å². The predicted octanol–water partition coefficient (Wildman–Crippen LogP) is 2.43. The minimum Gasteiger partial charge on any atom is -0.486 e. The van der Waals surface area contributed by atoms with Gasteiger partial charge in [0, 0.05) is 13.1 Å². The number of ether oxygens (including phenoxy) is 3. The number of carbonyl (C=O) groups excluding carboxylic acids is 1. The molecule has 0 spiro atoms. The summed E-state index contributed by atoms with van der Waals surface area (Å²) >= 11 is 0. The summed E-state index contributed by atoms with van der Waals surface area (Å²) in [6.07, 6.45) is 5.08. The van der Waals surface area contributed by atoms with Crippen molar-refractivity contribution in [1.29, 1.82) is 0 Å². The fraction of sp³-hybridized carbons (Fsp3) is 0.667. The molecule has 6 nitrogen and oxygen atoms in total. The van der Waals surface area contributed by atoms with Crippen LogP contribution in [0.25, 0.3) is 0 Å². The molecule has 6 heteroatoms. The van der Waals surface area contributed by atoms with Crippen molar-refractivity contribution in [2.24, 2.45) is 5.92 Å². The molecule has 0 aliphatic carbocycles. The molecule has 1 amide bonds. The summed E-state index contributed by atoms with van der Waals surface area (Å²) in [5.74, 6) is 2.75. The predicted molar refractivity (Wildman–Crippen MR) is 104 cm³/mol. The third-order valence-corrected chi connectivity index (χ3v) is 5.41. The highest BCUT2D eigenvalue weighted by Gasteiger charge is 2.20. The van der Waals surface area contributed by atoms with E-state index in [9.17, 15) is 4.79 Å². The molecular formula is C21H32N2O4. The topological polar surface area (TPSA) is 51.2 Å². The standard InChI is InChI=1S/C13H24N2O2.C8H8O2/c1-14-7-4-12(5-8-14)3-2-6-15-9-10-17-11-13(15)16;1-2-4-8-7(3-1)9-5-6-10-8/h12H,2-11H2,1H3;1-4H,5-6H2. The Hall–Kier alpha value is -1.79. The Kier molecular flexibility index (Phi) is 7.78. The van der Waals surface area contributed by atoms with Crippen molar-refractivity contribution < 1.29 is 19.0 Å². The van der Waals surface area contributed by atoms with Crippen molar-refractivity contribution in [2.45, 2.75) is 25.7 Å². The van der Waals surface area contributed by atoms with Gasteiger partial charge in [0.2, 0.25) is 5.91 Å². The van der Waals surface area contributed by atoms with Gasteiger partial charge in [-0.3, -0.25) is 4.79 Å². The lowest BCUT2D eigenvalue weighted by molar-refractivity contribution is -0.142. The van der Waals surface area contributed by atoms with Crippen LogP contribution >= 0.6 is 0 Å². The van der Waals surface area contributed by atoms with Gasteiger partial charge in [0.25, 0.3) is 0 Å². The zero-order chi connectivity index (χ0) is 18.9. The molecule has 1 aromatic rings. The number of amides is 1. The molecule has 3 heterocycles. The number of nitrogens with zero attached hydrogens (tertiary/aromatic N) is 2. The highest BCUT2D eigenvalue weighted by atomic mass is 16.6. The van der Waals surface area contributed by atoms with E-state index < -0.39 is 0 Å². The van der Waals surface area contributed by atoms with Crippen LogP contribution in [0.5, 0.6) is 11.5 Å². The van der Waals surface area contributed by atoms with Crippen LogP contribution in [-0.4, -0.2) is 75.4 Å². The second kappa shape index (κ2) is 10.5. The largest absolute Gasteiger partial charge is 0.486 e. The minimum absolute atomic E-state index is 0.166. The Morgan fingerprint density at radius 2 is 1.67 bits per heavy atom. The normalized spacial score (nSPS) is 20.8. The molecule has 27 heavy (non-hydrogen) atoms. The van der Waals surface area contributed by atoms with Gasteiger partial charge in [-0.2, -0.15) is 0 Å². The van der Waals surface area contributed by atoms with E-state index in [2.05, 4.69) is 11.9 Å². The molecule has 2 saturated heterocycles. The molecule has 0 saturated carbocycles. The van der Waals surface area contributed by atoms with Crippen LogP contribution < -0.4 is 9.47 Å². The van der Waals surface area contributed by atoms with Gasteiger partial charge >= 0.3 is 0 Å². The smallest absolute Gasteiger partial charge is 0.248 e. The van der Waals surface area contributed by atoms with Gasteiger partial charge in [0.05, 0.1) is 6.61 Å². The summed E-state index contributed by atoms with van der Waals surface area (Å²) in [4.78, 5) is 15.9. The summed E-state index contributed by atoms with van der Waals surface area (Å²) in [5, 5.41) is 0. The van der Waals surface area contributed by atoms with Gasteiger partial charge < -0.3 is 24.0 Å². The van der Waals surface area contributed by atoms with Gasteiger partial charge in [0.15, 0.2) is 11.5 Å². The molecule has 3 aliphatic rings. The Labute approximate surface area is 162 Å². The van der Waals surface area contributed by atoms with Gasteiger partial charge in [-0.1, -0.05) is 12.1 Å². The minimum atomic E-state index is 0.166. The molecule has 0 bridgehead atoms. The fourth-order valence-electron chi connectivity index (χ4n) is 3.70. The number of likely N-dealkylation sites (tertiary alicyclic amines) is 1. The molecule has 1 aromatic carbocycles. The number of para-hydroxylation sites is 2. The highest BCUT2D eigenvalue weighted by Crippen LogP contribution is 2.28. The first-order valence-corrected chi connectivity index (χ1v) is 10.1. The third kappa shape index (κ3) is 6.40. The van der Waals surface area contributed by atoms with Gasteiger partial charge in [-0.25, -0.2) is 0 Å². The molecular weight excluding hydrogens is 344 g/mol. The average Bonchev–Trinajstić information content (AvgIpc) is 2.71. The summed E-state index contributed by atoms with van der Waals surface area (Å²) in [6.45, 7) is 6.51. The van der Waals surface area contributed by atoms with E-state index >= 15 is 0 Å². The Morgan fingerprint density at radius 1 is 1.00 bits per heavy atom. The number of rotatable bonds is 4. The van der Waals surface area contributed by atoms with Gasteiger partial charge in [0.1, 0.15) is 19.8 Å². The second-order valence-corrected chi connectivity index (χ2v) is 7.47. The lowest BCUT2D eigenvalue weighted by Gasteiger charge is -2.30. The molecule has 0 aromatic heterocycles. The Morgan fingerprint density at radius 3 is 2.30 bits per heavy atom. The number of hydrogen-bond acceptors (Lipinski definition) is 5. The number of benzene rings is 1. The monoisotopic (exact) mass is 376 g/mol. The van der Waals surface area contributed by atoms with Crippen LogP contribution in [0.4, 0.5) is 0 Å². The quantitative estimate of drug-likeness (QED) is 0.808. The van der Waals surface area contributed by atoms with E-state index in [1.165, 1.54) is 32.4 Å². The first-order valence-electron chi connectivity index (χ1n) is 10.1. The molecule has 0 N–H and O–H groups in total. The second-order valence-electron chi connectivity index (χ2n) is 7.47. The van der Waals surface area contributed by atoms with Crippen molar-refractivity contribution in [3.05, 3.63) is 24.3 Å². The van der Waals surface area contributed by atoms with Crippen LogP contribution in [0.3, 0.4) is 0 Å². The number of fused-ring (bicyclic) bond motifs is 1. The maximum atomic E-state index is 11.5. The van der Waals surface area contributed by atoms with Crippen LogP contribution in [0, 0.1) is 5.92 Å². The molecule has 0 radical (unpaired) electrons. The van der Waals surface area contributed by atoms with Crippen molar-refractivity contribution in [3.8, 4) is 11.5 Å². The highest BCUT2D eigenvalue weighted by molar-refractivity contribution is 5.77. The maximum absolute atomic E-state index is 11.5. The van der Waals surface area contributed by atoms with E-state index in [1.807, 2.05) is 29.2 Å². The maximum Gasteiger partial charge on any atom is 0.248 e. The molecule has 3 aliphatic heterocycles. The lowest BCUT2D eigenvalue weighted by atomic mass is 9.92. The summed E-state index contributed by atoms with van der Waals surface area (Å²) in [6, 6.07) is 7.70. The van der Waals surface area contributed by atoms with Crippen LogP contribution in [-0.2, 0) is 9.53 Å². The van der Waals surface area contributed by atoms with Crippen molar-refractivity contribution in [2.75, 3.05) is 59.7 Å². The SMILES string of the molecule is CN1CCC(CCCN2CCOCC2=O)CC1.c1ccc2c(c1)OCCO2. The first-order chi connectivity index (χ1) is 13.2. The Bertz CT molecular complexity index is 562. The molecule has 4 rings (SSSR count). The molecule has 0 unspecified atom stereocenters. The van der Waals surface area contributed by atoms with Gasteiger partial charge in [-0.05, 0) is 63.9 Å². The number of piperidine rings is 1.